The van der Waals surface area contributed by atoms with Crippen molar-refractivity contribution < 1.29 is 14.3 Å². The van der Waals surface area contributed by atoms with Gasteiger partial charge in [0.1, 0.15) is 6.04 Å². The van der Waals surface area contributed by atoms with Crippen LogP contribution in [0.15, 0.2) is 0 Å². The van der Waals surface area contributed by atoms with Gasteiger partial charge in [-0.05, 0) is 19.8 Å². The molecule has 0 aromatic carbocycles. The van der Waals surface area contributed by atoms with E-state index in [1.807, 2.05) is 13.8 Å². The fraction of sp³-hybridized carbons (Fsp3) is 0.857. The number of nitrogens with two attached hydrogens (primary N) is 1. The fourth-order valence-electron chi connectivity index (χ4n) is 2.42. The lowest BCUT2D eigenvalue weighted by Crippen LogP contribution is -2.54. The van der Waals surface area contributed by atoms with Crippen molar-refractivity contribution in [1.29, 1.82) is 0 Å². The van der Waals surface area contributed by atoms with Crippen LogP contribution in [0.3, 0.4) is 0 Å². The molecule has 6 nitrogen and oxygen atoms in total. The molecule has 3 N–H and O–H groups in total. The van der Waals surface area contributed by atoms with Crippen LogP contribution in [-0.4, -0.2) is 55.6 Å². The third kappa shape index (κ3) is 3.70. The molecule has 0 radical (unpaired) electrons. The van der Waals surface area contributed by atoms with Crippen LogP contribution in [0.25, 0.3) is 0 Å². The minimum absolute atomic E-state index is 0.0558. The van der Waals surface area contributed by atoms with Gasteiger partial charge in [0.2, 0.25) is 11.8 Å². The summed E-state index contributed by atoms with van der Waals surface area (Å²) in [5.74, 6) is -0.182. The first-order valence-electron chi connectivity index (χ1n) is 7.38. The molecule has 1 atom stereocenters. The molecule has 0 spiro atoms. The zero-order valence-electron chi connectivity index (χ0n) is 12.8. The summed E-state index contributed by atoms with van der Waals surface area (Å²) in [6.07, 6.45) is 1.34. The van der Waals surface area contributed by atoms with E-state index in [-0.39, 0.29) is 11.8 Å². The van der Waals surface area contributed by atoms with Crippen LogP contribution in [0.1, 0.15) is 33.6 Å². The number of morpholine rings is 1. The molecule has 1 aliphatic rings. The average Bonchev–Trinajstić information content (AvgIpc) is 2.49. The minimum atomic E-state index is -0.570. The minimum Gasteiger partial charge on any atom is -0.378 e. The maximum absolute atomic E-state index is 12.4. The highest BCUT2D eigenvalue weighted by Gasteiger charge is 2.35. The van der Waals surface area contributed by atoms with Gasteiger partial charge >= 0.3 is 0 Å². The predicted octanol–water partition coefficient (Wildman–Crippen LogP) is 0.115. The van der Waals surface area contributed by atoms with Crippen molar-refractivity contribution in [3.8, 4) is 0 Å². The first kappa shape index (κ1) is 16.9. The van der Waals surface area contributed by atoms with Gasteiger partial charge in [0.25, 0.3) is 0 Å². The van der Waals surface area contributed by atoms with Crippen molar-refractivity contribution in [2.24, 2.45) is 11.1 Å². The van der Waals surface area contributed by atoms with Gasteiger partial charge in [-0.3, -0.25) is 9.59 Å². The lowest BCUT2D eigenvalue weighted by molar-refractivity contribution is -0.141. The van der Waals surface area contributed by atoms with Gasteiger partial charge < -0.3 is 20.7 Å². The molecule has 6 heteroatoms. The predicted molar refractivity (Wildman–Crippen MR) is 77.1 cm³/mol. The van der Waals surface area contributed by atoms with E-state index in [1.165, 1.54) is 0 Å². The Bertz CT molecular complexity index is 328. The van der Waals surface area contributed by atoms with E-state index >= 15 is 0 Å². The molecule has 1 unspecified atom stereocenters. The molecule has 1 fully saturated rings. The van der Waals surface area contributed by atoms with Gasteiger partial charge in [-0.25, -0.2) is 0 Å². The highest BCUT2D eigenvalue weighted by Crippen LogP contribution is 2.25. The summed E-state index contributed by atoms with van der Waals surface area (Å²) in [6, 6.07) is -0.523. The Morgan fingerprint density at radius 2 is 1.85 bits per heavy atom. The second-order valence-corrected chi connectivity index (χ2v) is 5.32. The number of nitrogens with zero attached hydrogens (tertiary/aromatic N) is 1. The Kier molecular flexibility index (Phi) is 6.42. The van der Waals surface area contributed by atoms with Gasteiger partial charge in [0, 0.05) is 19.6 Å². The molecular weight excluding hydrogens is 258 g/mol. The Hall–Kier alpha value is -1.14. The summed E-state index contributed by atoms with van der Waals surface area (Å²) in [7, 11) is 0. The Morgan fingerprint density at radius 1 is 1.30 bits per heavy atom. The number of ether oxygens (including phenoxy) is 1. The molecule has 1 heterocycles. The topological polar surface area (TPSA) is 84.7 Å². The van der Waals surface area contributed by atoms with E-state index in [2.05, 4.69) is 5.32 Å². The second kappa shape index (κ2) is 7.59. The fourth-order valence-corrected chi connectivity index (χ4v) is 2.42. The van der Waals surface area contributed by atoms with E-state index in [1.54, 1.807) is 11.8 Å². The quantitative estimate of drug-likeness (QED) is 0.725. The Balaban J connectivity index is 2.61. The molecule has 0 saturated carbocycles. The van der Waals surface area contributed by atoms with E-state index in [0.717, 1.165) is 0 Å². The third-order valence-corrected chi connectivity index (χ3v) is 4.27. The monoisotopic (exact) mass is 285 g/mol. The van der Waals surface area contributed by atoms with Crippen LogP contribution in [0.5, 0.6) is 0 Å². The smallest absolute Gasteiger partial charge is 0.245 e. The number of hydrogen-bond donors (Lipinski definition) is 2. The largest absolute Gasteiger partial charge is 0.378 e. The number of carbonyl (C=O) groups excluding carboxylic acids is 2. The van der Waals surface area contributed by atoms with Crippen LogP contribution < -0.4 is 11.1 Å². The number of amides is 2. The first-order chi connectivity index (χ1) is 9.50. The number of carbonyl (C=O) groups is 2. The lowest BCUT2D eigenvalue weighted by Gasteiger charge is -2.33. The molecule has 2 amide bonds. The molecule has 0 aromatic rings. The van der Waals surface area contributed by atoms with Crippen LogP contribution in [0, 0.1) is 5.41 Å². The van der Waals surface area contributed by atoms with Crippen LogP contribution in [0.2, 0.25) is 0 Å². The van der Waals surface area contributed by atoms with Crippen molar-refractivity contribution in [3.05, 3.63) is 0 Å². The maximum Gasteiger partial charge on any atom is 0.245 e. The summed E-state index contributed by atoms with van der Waals surface area (Å²) in [4.78, 5) is 26.4. The molecule has 116 valence electrons. The average molecular weight is 285 g/mol. The molecule has 0 aromatic heterocycles. The zero-order chi connectivity index (χ0) is 15.2. The SMILES string of the molecule is CCC(CC)(CN)C(=O)NC(C)C(=O)N1CCOCC1. The number of rotatable bonds is 6. The van der Waals surface area contributed by atoms with Crippen molar-refractivity contribution in [1.82, 2.24) is 10.2 Å². The van der Waals surface area contributed by atoms with Gasteiger partial charge in [-0.15, -0.1) is 0 Å². The van der Waals surface area contributed by atoms with Crippen molar-refractivity contribution in [2.75, 3.05) is 32.8 Å². The Morgan fingerprint density at radius 3 is 2.30 bits per heavy atom. The van der Waals surface area contributed by atoms with Crippen molar-refractivity contribution >= 4 is 11.8 Å². The summed E-state index contributed by atoms with van der Waals surface area (Å²) < 4.78 is 5.22. The van der Waals surface area contributed by atoms with Gasteiger partial charge in [-0.2, -0.15) is 0 Å². The summed E-state index contributed by atoms with van der Waals surface area (Å²) in [5, 5.41) is 2.82. The molecule has 1 saturated heterocycles. The van der Waals surface area contributed by atoms with Gasteiger partial charge in [0.05, 0.1) is 18.6 Å². The van der Waals surface area contributed by atoms with Gasteiger partial charge in [0.15, 0.2) is 0 Å². The zero-order valence-corrected chi connectivity index (χ0v) is 12.8. The normalized spacial score (nSPS) is 17.7. The van der Waals surface area contributed by atoms with Crippen LogP contribution in [-0.2, 0) is 14.3 Å². The summed E-state index contributed by atoms with van der Waals surface area (Å²) in [5.41, 5.74) is 5.18. The van der Waals surface area contributed by atoms with Crippen LogP contribution in [0.4, 0.5) is 0 Å². The van der Waals surface area contributed by atoms with E-state index in [4.69, 9.17) is 10.5 Å². The molecule has 0 aliphatic carbocycles. The van der Waals surface area contributed by atoms with Crippen molar-refractivity contribution in [3.63, 3.8) is 0 Å². The second-order valence-electron chi connectivity index (χ2n) is 5.32. The highest BCUT2D eigenvalue weighted by atomic mass is 16.5. The number of hydrogen-bond acceptors (Lipinski definition) is 4. The maximum atomic E-state index is 12.4. The highest BCUT2D eigenvalue weighted by molar-refractivity contribution is 5.90. The summed E-state index contributed by atoms with van der Waals surface area (Å²) in [6.45, 7) is 8.21. The van der Waals surface area contributed by atoms with Crippen LogP contribution >= 0.6 is 0 Å². The van der Waals surface area contributed by atoms with Crippen molar-refractivity contribution in [2.45, 2.75) is 39.7 Å². The van der Waals surface area contributed by atoms with E-state index in [0.29, 0.717) is 45.7 Å². The first-order valence-corrected chi connectivity index (χ1v) is 7.38. The lowest BCUT2D eigenvalue weighted by atomic mass is 9.81. The molecule has 0 bridgehead atoms. The standard InChI is InChI=1S/C14H27N3O3/c1-4-14(5-2,10-15)13(19)16-11(3)12(18)17-6-8-20-9-7-17/h11H,4-10,15H2,1-3H3,(H,16,19). The summed E-state index contributed by atoms with van der Waals surface area (Å²) >= 11 is 0. The molecular formula is C14H27N3O3. The Labute approximate surface area is 121 Å². The van der Waals surface area contributed by atoms with E-state index < -0.39 is 11.5 Å². The van der Waals surface area contributed by atoms with E-state index in [9.17, 15) is 9.59 Å². The molecule has 1 aliphatic heterocycles. The molecule has 20 heavy (non-hydrogen) atoms. The van der Waals surface area contributed by atoms with Gasteiger partial charge in [-0.1, -0.05) is 13.8 Å². The number of nitrogens with one attached hydrogen (secondary N) is 1. The molecule has 1 rings (SSSR count). The third-order valence-electron chi connectivity index (χ3n) is 4.27.